The normalized spacial score (nSPS) is 11.9. The number of nitro benzene ring substituents is 1. The van der Waals surface area contributed by atoms with Crippen molar-refractivity contribution in [2.75, 3.05) is 5.43 Å². The van der Waals surface area contributed by atoms with Gasteiger partial charge in [-0.3, -0.25) is 15.5 Å². The summed E-state index contributed by atoms with van der Waals surface area (Å²) < 4.78 is 38.0. The van der Waals surface area contributed by atoms with Crippen LogP contribution >= 0.6 is 0 Å². The highest BCUT2D eigenvalue weighted by Crippen LogP contribution is 2.34. The molecule has 2 aromatic rings. The summed E-state index contributed by atoms with van der Waals surface area (Å²) in [5.74, 6) is 0.388. The molecule has 0 saturated heterocycles. The van der Waals surface area contributed by atoms with E-state index in [-0.39, 0.29) is 5.69 Å². The molecular weight excluding hydrogens is 335 g/mol. The number of hydrazone groups is 1. The summed E-state index contributed by atoms with van der Waals surface area (Å²) in [5, 5.41) is 14.8. The van der Waals surface area contributed by atoms with Gasteiger partial charge in [0.2, 0.25) is 0 Å². The summed E-state index contributed by atoms with van der Waals surface area (Å²) in [6, 6.07) is 9.78. The Labute approximate surface area is 142 Å². The first-order valence-corrected chi connectivity index (χ1v) is 7.43. The van der Waals surface area contributed by atoms with Crippen LogP contribution in [0.1, 0.15) is 36.5 Å². The first-order valence-electron chi connectivity index (χ1n) is 7.43. The Kier molecular flexibility index (Phi) is 5.41. The van der Waals surface area contributed by atoms with Crippen LogP contribution in [0.3, 0.4) is 0 Å². The molecule has 0 unspecified atom stereocenters. The lowest BCUT2D eigenvalue weighted by molar-refractivity contribution is -0.384. The number of rotatable bonds is 5. The number of nitro groups is 1. The van der Waals surface area contributed by atoms with Crippen molar-refractivity contribution >= 4 is 17.6 Å². The lowest BCUT2D eigenvalue weighted by Gasteiger charge is -2.08. The number of nitrogens with one attached hydrogen (secondary N) is 1. The molecule has 0 amide bonds. The molecule has 8 heteroatoms. The predicted molar refractivity (Wildman–Crippen MR) is 89.8 cm³/mol. The Hall–Kier alpha value is -2.90. The third-order valence-corrected chi connectivity index (χ3v) is 3.52. The zero-order valence-electron chi connectivity index (χ0n) is 13.5. The maximum absolute atomic E-state index is 12.7. The Morgan fingerprint density at radius 2 is 1.80 bits per heavy atom. The predicted octanol–water partition coefficient (Wildman–Crippen LogP) is 5.18. The largest absolute Gasteiger partial charge is 0.416 e. The Morgan fingerprint density at radius 1 is 1.16 bits per heavy atom. The molecule has 0 bridgehead atoms. The van der Waals surface area contributed by atoms with E-state index < -0.39 is 22.4 Å². The quantitative estimate of drug-likeness (QED) is 0.458. The Bertz CT molecular complexity index is 785. The number of anilines is 1. The van der Waals surface area contributed by atoms with Crippen molar-refractivity contribution in [2.45, 2.75) is 25.9 Å². The number of hydrogen-bond donors (Lipinski definition) is 1. The van der Waals surface area contributed by atoms with Gasteiger partial charge in [-0.2, -0.15) is 18.3 Å². The Morgan fingerprint density at radius 3 is 2.32 bits per heavy atom. The third kappa shape index (κ3) is 4.79. The van der Waals surface area contributed by atoms with Crippen molar-refractivity contribution in [3.05, 3.63) is 69.3 Å². The molecule has 25 heavy (non-hydrogen) atoms. The second-order valence-electron chi connectivity index (χ2n) is 5.68. The van der Waals surface area contributed by atoms with Crippen molar-refractivity contribution < 1.29 is 18.1 Å². The molecule has 1 N–H and O–H groups in total. The van der Waals surface area contributed by atoms with E-state index >= 15 is 0 Å². The summed E-state index contributed by atoms with van der Waals surface area (Å²) in [6.07, 6.45) is -3.21. The number of halogens is 3. The van der Waals surface area contributed by atoms with E-state index in [1.165, 1.54) is 6.21 Å². The molecule has 2 aromatic carbocycles. The molecule has 0 radical (unpaired) electrons. The zero-order valence-corrected chi connectivity index (χ0v) is 13.5. The van der Waals surface area contributed by atoms with Crippen LogP contribution in [0.15, 0.2) is 47.6 Å². The molecule has 0 heterocycles. The van der Waals surface area contributed by atoms with Gasteiger partial charge in [0.25, 0.3) is 5.69 Å². The third-order valence-electron chi connectivity index (χ3n) is 3.52. The van der Waals surface area contributed by atoms with E-state index in [1.807, 2.05) is 24.3 Å². The molecule has 132 valence electrons. The van der Waals surface area contributed by atoms with Crippen molar-refractivity contribution in [1.29, 1.82) is 0 Å². The highest BCUT2D eigenvalue weighted by molar-refractivity contribution is 5.80. The lowest BCUT2D eigenvalue weighted by atomic mass is 10.0. The van der Waals surface area contributed by atoms with Crippen molar-refractivity contribution in [1.82, 2.24) is 0 Å². The average molecular weight is 351 g/mol. The maximum Gasteiger partial charge on any atom is 0.416 e. The standard InChI is InChI=1S/C17H16F3N3O2/c1-11(2)13-5-3-12(4-6-13)10-21-22-15-8-7-14(17(18,19)20)9-16(15)23(24)25/h3-11,22H,1-2H3. The summed E-state index contributed by atoms with van der Waals surface area (Å²) in [6.45, 7) is 4.13. The molecule has 0 atom stereocenters. The van der Waals surface area contributed by atoms with E-state index in [2.05, 4.69) is 24.4 Å². The molecular formula is C17H16F3N3O2. The van der Waals surface area contributed by atoms with Gasteiger partial charge in [-0.15, -0.1) is 0 Å². The van der Waals surface area contributed by atoms with E-state index in [0.717, 1.165) is 23.3 Å². The van der Waals surface area contributed by atoms with Gasteiger partial charge in [-0.05, 0) is 29.2 Å². The van der Waals surface area contributed by atoms with Crippen molar-refractivity contribution in [3.63, 3.8) is 0 Å². The molecule has 2 rings (SSSR count). The zero-order chi connectivity index (χ0) is 18.6. The molecule has 0 fully saturated rings. The fourth-order valence-electron chi connectivity index (χ4n) is 2.10. The number of alkyl halides is 3. The van der Waals surface area contributed by atoms with Gasteiger partial charge in [0.05, 0.1) is 16.7 Å². The highest BCUT2D eigenvalue weighted by Gasteiger charge is 2.33. The molecule has 0 aliphatic rings. The summed E-state index contributed by atoms with van der Waals surface area (Å²) in [7, 11) is 0. The summed E-state index contributed by atoms with van der Waals surface area (Å²) >= 11 is 0. The minimum atomic E-state index is -4.65. The van der Waals surface area contributed by atoms with Crippen LogP contribution < -0.4 is 5.43 Å². The second kappa shape index (κ2) is 7.33. The van der Waals surface area contributed by atoms with Gasteiger partial charge in [-0.25, -0.2) is 0 Å². The van der Waals surface area contributed by atoms with Gasteiger partial charge in [0, 0.05) is 6.07 Å². The number of hydrogen-bond acceptors (Lipinski definition) is 4. The highest BCUT2D eigenvalue weighted by atomic mass is 19.4. The van der Waals surface area contributed by atoms with E-state index in [0.29, 0.717) is 12.0 Å². The van der Waals surface area contributed by atoms with Crippen LogP contribution in [0, 0.1) is 10.1 Å². The number of benzene rings is 2. The van der Waals surface area contributed by atoms with Crippen LogP contribution in [0.5, 0.6) is 0 Å². The topological polar surface area (TPSA) is 67.5 Å². The first-order chi connectivity index (χ1) is 11.7. The van der Waals surface area contributed by atoms with Crippen LogP contribution in [-0.4, -0.2) is 11.1 Å². The lowest BCUT2D eigenvalue weighted by Crippen LogP contribution is -2.06. The fraction of sp³-hybridized carbons (Fsp3) is 0.235. The van der Waals surface area contributed by atoms with Gasteiger partial charge in [0.1, 0.15) is 5.69 Å². The van der Waals surface area contributed by atoms with Gasteiger partial charge < -0.3 is 0 Å². The van der Waals surface area contributed by atoms with Crippen molar-refractivity contribution in [3.8, 4) is 0 Å². The summed E-state index contributed by atoms with van der Waals surface area (Å²) in [5.41, 5.74) is 2.44. The second-order valence-corrected chi connectivity index (χ2v) is 5.68. The van der Waals surface area contributed by atoms with E-state index in [4.69, 9.17) is 0 Å². The first kappa shape index (κ1) is 18.4. The SMILES string of the molecule is CC(C)c1ccc(C=NNc2ccc(C(F)(F)F)cc2[N+](=O)[O-])cc1. The maximum atomic E-state index is 12.7. The number of nitrogens with zero attached hydrogens (tertiary/aromatic N) is 2. The smallest absolute Gasteiger partial charge is 0.272 e. The minimum absolute atomic E-state index is 0.118. The Balaban J connectivity index is 2.18. The van der Waals surface area contributed by atoms with Crippen LogP contribution in [0.4, 0.5) is 24.5 Å². The van der Waals surface area contributed by atoms with Crippen LogP contribution in [0.2, 0.25) is 0 Å². The van der Waals surface area contributed by atoms with E-state index in [9.17, 15) is 23.3 Å². The van der Waals surface area contributed by atoms with Gasteiger partial charge in [0.15, 0.2) is 0 Å². The molecule has 0 aliphatic carbocycles. The molecule has 0 aliphatic heterocycles. The van der Waals surface area contributed by atoms with E-state index in [1.54, 1.807) is 0 Å². The minimum Gasteiger partial charge on any atom is -0.272 e. The molecule has 0 saturated carbocycles. The molecule has 5 nitrogen and oxygen atoms in total. The van der Waals surface area contributed by atoms with Gasteiger partial charge in [-0.1, -0.05) is 38.1 Å². The summed E-state index contributed by atoms with van der Waals surface area (Å²) in [4.78, 5) is 10.1. The average Bonchev–Trinajstić information content (AvgIpc) is 2.54. The fourth-order valence-corrected chi connectivity index (χ4v) is 2.10. The van der Waals surface area contributed by atoms with Gasteiger partial charge >= 0.3 is 6.18 Å². The van der Waals surface area contributed by atoms with Crippen LogP contribution in [0.25, 0.3) is 0 Å². The van der Waals surface area contributed by atoms with Crippen molar-refractivity contribution in [2.24, 2.45) is 5.10 Å². The monoisotopic (exact) mass is 351 g/mol. The molecule has 0 aromatic heterocycles. The van der Waals surface area contributed by atoms with Crippen LogP contribution in [-0.2, 0) is 6.18 Å². The molecule has 0 spiro atoms.